The molecule has 0 saturated carbocycles. The normalized spacial score (nSPS) is 16.7. The van der Waals surface area contributed by atoms with Crippen LogP contribution in [0.4, 0.5) is 0 Å². The van der Waals surface area contributed by atoms with Gasteiger partial charge >= 0.3 is 5.97 Å². The summed E-state index contributed by atoms with van der Waals surface area (Å²) >= 11 is 9.62. The van der Waals surface area contributed by atoms with Crippen molar-refractivity contribution < 1.29 is 9.90 Å². The predicted molar refractivity (Wildman–Crippen MR) is 60.1 cm³/mol. The molecule has 1 N–H and O–H groups in total. The number of carboxylic acid groups (broad SMARTS) is 1. The molecule has 0 spiro atoms. The second-order valence-corrected chi connectivity index (χ2v) is 9.39. The Morgan fingerprint density at radius 1 is 1.58 bits per heavy atom. The lowest BCUT2D eigenvalue weighted by atomic mass is 9.89. The van der Waals surface area contributed by atoms with Gasteiger partial charge in [-0.25, -0.2) is 0 Å². The molecule has 0 aliphatic rings. The number of halogens is 3. The van der Waals surface area contributed by atoms with Crippen LogP contribution >= 0.6 is 47.8 Å². The lowest BCUT2D eigenvalue weighted by Gasteiger charge is -2.31. The average Bonchev–Trinajstić information content (AvgIpc) is 1.85. The summed E-state index contributed by atoms with van der Waals surface area (Å²) in [6.45, 7) is 5.14. The van der Waals surface area contributed by atoms with Crippen LogP contribution in [0.25, 0.3) is 0 Å². The molecule has 5 heteroatoms. The summed E-state index contributed by atoms with van der Waals surface area (Å²) in [5.41, 5.74) is -0.964. The molecule has 0 rings (SSSR count). The summed E-state index contributed by atoms with van der Waals surface area (Å²) in [4.78, 5) is 10.9. The van der Waals surface area contributed by atoms with E-state index in [2.05, 4.69) is 54.4 Å². The highest BCUT2D eigenvalue weighted by molar-refractivity contribution is 9.39. The van der Waals surface area contributed by atoms with E-state index in [1.165, 1.54) is 0 Å². The number of carbonyl (C=O) groups is 1. The lowest BCUT2D eigenvalue weighted by Crippen LogP contribution is -2.38. The molecule has 0 aliphatic heterocycles. The van der Waals surface area contributed by atoms with E-state index >= 15 is 0 Å². The molecule has 0 aromatic carbocycles. The first-order chi connectivity index (χ1) is 5.25. The molecule has 0 aromatic heterocycles. The van der Waals surface area contributed by atoms with Crippen molar-refractivity contribution in [3.63, 3.8) is 0 Å². The summed E-state index contributed by atoms with van der Waals surface area (Å²) < 4.78 is -0.806. The molecule has 0 bridgehead atoms. The van der Waals surface area contributed by atoms with Crippen LogP contribution in [-0.4, -0.2) is 13.2 Å². The Morgan fingerprint density at radius 3 is 2.08 bits per heavy atom. The van der Waals surface area contributed by atoms with Crippen LogP contribution in [0.3, 0.4) is 0 Å². The van der Waals surface area contributed by atoms with E-state index in [0.29, 0.717) is 6.42 Å². The molecule has 2 nitrogen and oxygen atoms in total. The van der Waals surface area contributed by atoms with Crippen molar-refractivity contribution in [2.45, 2.75) is 15.5 Å². The van der Waals surface area contributed by atoms with Gasteiger partial charge in [0.1, 0.15) is 5.41 Å². The Bertz CT molecular complexity index is 197. The number of aliphatic carboxylic acids is 1. The van der Waals surface area contributed by atoms with Gasteiger partial charge in [-0.15, -0.1) is 6.58 Å². The zero-order valence-corrected chi connectivity index (χ0v) is 11.2. The minimum atomic E-state index is -0.964. The third-order valence-electron chi connectivity index (χ3n) is 1.65. The number of alkyl halides is 3. The van der Waals surface area contributed by atoms with Crippen molar-refractivity contribution in [1.29, 1.82) is 0 Å². The van der Waals surface area contributed by atoms with Crippen LogP contribution < -0.4 is 0 Å². The lowest BCUT2D eigenvalue weighted by molar-refractivity contribution is -0.146. The maximum Gasteiger partial charge on any atom is 0.312 e. The molecule has 1 unspecified atom stereocenters. The van der Waals surface area contributed by atoms with Crippen molar-refractivity contribution in [2.24, 2.45) is 5.41 Å². The summed E-state index contributed by atoms with van der Waals surface area (Å²) in [7, 11) is 0. The van der Waals surface area contributed by atoms with Crippen LogP contribution in [-0.2, 0) is 4.79 Å². The molecule has 0 saturated heterocycles. The molecule has 0 heterocycles. The first kappa shape index (κ1) is 12.7. The van der Waals surface area contributed by atoms with Gasteiger partial charge in [-0.2, -0.15) is 0 Å². The monoisotopic (exact) mass is 362 g/mol. The van der Waals surface area contributed by atoms with Gasteiger partial charge in [0, 0.05) is 0 Å². The second-order valence-electron chi connectivity index (χ2n) is 2.63. The first-order valence-electron chi connectivity index (χ1n) is 3.16. The molecule has 0 aromatic rings. The maximum atomic E-state index is 10.9. The van der Waals surface area contributed by atoms with Gasteiger partial charge in [-0.3, -0.25) is 4.79 Å². The fourth-order valence-corrected chi connectivity index (χ4v) is 1.61. The second kappa shape index (κ2) is 4.24. The highest BCUT2D eigenvalue weighted by Gasteiger charge is 2.48. The minimum absolute atomic E-state index is 0.365. The van der Waals surface area contributed by atoms with Crippen LogP contribution in [0.2, 0.25) is 0 Å². The summed E-state index contributed by atoms with van der Waals surface area (Å²) in [5, 5.41) is 8.96. The van der Waals surface area contributed by atoms with E-state index in [1.54, 1.807) is 13.0 Å². The van der Waals surface area contributed by atoms with Gasteiger partial charge < -0.3 is 5.11 Å². The zero-order valence-electron chi connectivity index (χ0n) is 6.48. The highest BCUT2D eigenvalue weighted by atomic mass is 80.0. The Morgan fingerprint density at radius 2 is 2.00 bits per heavy atom. The SMILES string of the molecule is C=CCC(C)(C(=O)O)C(Br)(Br)Br. The summed E-state index contributed by atoms with van der Waals surface area (Å²) in [6.07, 6.45) is 1.94. The molecule has 12 heavy (non-hydrogen) atoms. The number of hydrogen-bond donors (Lipinski definition) is 1. The van der Waals surface area contributed by atoms with Crippen LogP contribution in [0.5, 0.6) is 0 Å². The fraction of sp³-hybridized carbons (Fsp3) is 0.571. The summed E-state index contributed by atoms with van der Waals surface area (Å²) in [5.74, 6) is -0.895. The number of rotatable bonds is 3. The molecule has 1 atom stereocenters. The van der Waals surface area contributed by atoms with E-state index in [4.69, 9.17) is 5.11 Å². The van der Waals surface area contributed by atoms with Crippen molar-refractivity contribution in [1.82, 2.24) is 0 Å². The maximum absolute atomic E-state index is 10.9. The number of carboxylic acids is 1. The quantitative estimate of drug-likeness (QED) is 0.615. The highest BCUT2D eigenvalue weighted by Crippen LogP contribution is 2.51. The fourth-order valence-electron chi connectivity index (χ4n) is 0.613. The number of allylic oxidation sites excluding steroid dienone is 1. The molecule has 0 fully saturated rings. The molecular weight excluding hydrogens is 356 g/mol. The van der Waals surface area contributed by atoms with E-state index in [0.717, 1.165) is 0 Å². The average molecular weight is 365 g/mol. The smallest absolute Gasteiger partial charge is 0.312 e. The van der Waals surface area contributed by atoms with E-state index in [-0.39, 0.29) is 0 Å². The van der Waals surface area contributed by atoms with Gasteiger partial charge in [0.15, 0.2) is 2.14 Å². The molecule has 0 amide bonds. The Hall–Kier alpha value is 0.650. The predicted octanol–water partition coefficient (Wildman–Crippen LogP) is 3.49. The third-order valence-corrected chi connectivity index (χ3v) is 4.28. The van der Waals surface area contributed by atoms with Gasteiger partial charge in [0.25, 0.3) is 0 Å². The van der Waals surface area contributed by atoms with Gasteiger partial charge in [-0.1, -0.05) is 53.9 Å². The van der Waals surface area contributed by atoms with Crippen LogP contribution in [0, 0.1) is 5.41 Å². The number of hydrogen-bond acceptors (Lipinski definition) is 1. The Labute approximate surface area is 96.8 Å². The Kier molecular flexibility index (Phi) is 4.47. The van der Waals surface area contributed by atoms with Crippen LogP contribution in [0.15, 0.2) is 12.7 Å². The largest absolute Gasteiger partial charge is 0.481 e. The van der Waals surface area contributed by atoms with E-state index in [1.807, 2.05) is 0 Å². The van der Waals surface area contributed by atoms with Gasteiger partial charge in [0.05, 0.1) is 0 Å². The van der Waals surface area contributed by atoms with Crippen molar-refractivity contribution >= 4 is 53.8 Å². The Balaban J connectivity index is 4.86. The summed E-state index contributed by atoms with van der Waals surface area (Å²) in [6, 6.07) is 0. The van der Waals surface area contributed by atoms with Gasteiger partial charge in [0.2, 0.25) is 0 Å². The zero-order chi connectivity index (χ0) is 9.99. The topological polar surface area (TPSA) is 37.3 Å². The molecule has 0 radical (unpaired) electrons. The molecular formula is C7H9Br3O2. The van der Waals surface area contributed by atoms with Crippen molar-refractivity contribution in [3.8, 4) is 0 Å². The van der Waals surface area contributed by atoms with Crippen molar-refractivity contribution in [2.75, 3.05) is 0 Å². The first-order valence-corrected chi connectivity index (χ1v) is 5.54. The molecule has 0 aliphatic carbocycles. The molecule has 70 valence electrons. The van der Waals surface area contributed by atoms with Crippen LogP contribution in [0.1, 0.15) is 13.3 Å². The van der Waals surface area contributed by atoms with Crippen molar-refractivity contribution in [3.05, 3.63) is 12.7 Å². The van der Waals surface area contributed by atoms with E-state index in [9.17, 15) is 4.79 Å². The minimum Gasteiger partial charge on any atom is -0.481 e. The van der Waals surface area contributed by atoms with E-state index < -0.39 is 13.5 Å². The standard InChI is InChI=1S/C7H9Br3O2/c1-3-4-6(2,5(11)12)7(8,9)10/h3H,1,4H2,2H3,(H,11,12). The third kappa shape index (κ3) is 2.57. The van der Waals surface area contributed by atoms with Gasteiger partial charge in [-0.05, 0) is 13.3 Å².